The molecule has 13 heteroatoms. The number of alkyl halides is 3. The lowest BCUT2D eigenvalue weighted by atomic mass is 9.93. The molecule has 0 fully saturated rings. The monoisotopic (exact) mass is 678 g/mol. The Kier molecular flexibility index (Phi) is 11.9. The van der Waals surface area contributed by atoms with Crippen LogP contribution in [0.5, 0.6) is 23.0 Å². The first-order valence-electron chi connectivity index (χ1n) is 15.3. The molecule has 0 atom stereocenters. The fraction of sp³-hybridized carbons (Fsp3) is 0.333. The fourth-order valence-electron chi connectivity index (χ4n) is 5.19. The van der Waals surface area contributed by atoms with E-state index in [0.29, 0.717) is 28.6 Å². The van der Waals surface area contributed by atoms with Crippen LogP contribution in [-0.2, 0) is 24.1 Å². The highest BCUT2D eigenvalue weighted by atomic mass is 19.4. The van der Waals surface area contributed by atoms with Gasteiger partial charge in [-0.1, -0.05) is 19.9 Å². The van der Waals surface area contributed by atoms with Crippen molar-refractivity contribution in [3.8, 4) is 40.2 Å². The minimum absolute atomic E-state index is 0.0626. The van der Waals surface area contributed by atoms with Gasteiger partial charge in [0.2, 0.25) is 5.95 Å². The minimum Gasteiger partial charge on any atom is -0.496 e. The van der Waals surface area contributed by atoms with Crippen LogP contribution in [0.25, 0.3) is 11.1 Å². The molecule has 0 radical (unpaired) electrons. The van der Waals surface area contributed by atoms with Gasteiger partial charge in [0.25, 0.3) is 0 Å². The van der Waals surface area contributed by atoms with E-state index in [0.717, 1.165) is 28.8 Å². The van der Waals surface area contributed by atoms with Gasteiger partial charge in [0.1, 0.15) is 5.75 Å². The quantitative estimate of drug-likeness (QED) is 0.125. The largest absolute Gasteiger partial charge is 0.496 e. The normalized spacial score (nSPS) is 11.2. The predicted molar refractivity (Wildman–Crippen MR) is 176 cm³/mol. The minimum atomic E-state index is -4.67. The number of carboxylic acids is 1. The SMILES string of the molecule is COc1cc(CN(Cc2cc(C#N)cc(C(F)(F)F)c2)c2ncc(OCCCC(=O)O)cn2)c(-c2cc(C(C)C)ccc2OC)cc1OC. The van der Waals surface area contributed by atoms with Crippen LogP contribution in [0.1, 0.15) is 60.4 Å². The van der Waals surface area contributed by atoms with Crippen molar-refractivity contribution in [3.05, 3.63) is 88.7 Å². The second kappa shape index (κ2) is 16.1. The number of hydrogen-bond acceptors (Lipinski definition) is 9. The van der Waals surface area contributed by atoms with Gasteiger partial charge in [0, 0.05) is 25.1 Å². The third kappa shape index (κ3) is 9.31. The Labute approximate surface area is 282 Å². The number of ether oxygens (including phenoxy) is 4. The van der Waals surface area contributed by atoms with Crippen molar-refractivity contribution >= 4 is 11.9 Å². The van der Waals surface area contributed by atoms with E-state index in [4.69, 9.17) is 24.1 Å². The summed E-state index contributed by atoms with van der Waals surface area (Å²) in [6.45, 7) is 4.26. The number of anilines is 1. The molecule has 0 saturated carbocycles. The van der Waals surface area contributed by atoms with Crippen LogP contribution >= 0.6 is 0 Å². The summed E-state index contributed by atoms with van der Waals surface area (Å²) in [4.78, 5) is 21.4. The molecule has 4 aromatic rings. The highest BCUT2D eigenvalue weighted by molar-refractivity contribution is 5.77. The molecule has 10 nitrogen and oxygen atoms in total. The van der Waals surface area contributed by atoms with Crippen LogP contribution < -0.4 is 23.8 Å². The molecule has 1 N–H and O–H groups in total. The first-order valence-corrected chi connectivity index (χ1v) is 15.3. The third-order valence-corrected chi connectivity index (χ3v) is 7.67. The van der Waals surface area contributed by atoms with Gasteiger partial charge in [0.05, 0.1) is 57.5 Å². The average Bonchev–Trinajstić information content (AvgIpc) is 3.08. The second-order valence-electron chi connectivity index (χ2n) is 11.4. The van der Waals surface area contributed by atoms with Crippen molar-refractivity contribution in [2.24, 2.45) is 0 Å². The van der Waals surface area contributed by atoms with Crippen LogP contribution in [0.4, 0.5) is 19.1 Å². The summed E-state index contributed by atoms with van der Waals surface area (Å²) in [5.41, 5.74) is 2.37. The summed E-state index contributed by atoms with van der Waals surface area (Å²) in [5, 5.41) is 18.4. The molecule has 1 aromatic heterocycles. The van der Waals surface area contributed by atoms with Gasteiger partial charge in [-0.2, -0.15) is 18.4 Å². The highest BCUT2D eigenvalue weighted by Gasteiger charge is 2.31. The molecule has 0 amide bonds. The van der Waals surface area contributed by atoms with E-state index >= 15 is 0 Å². The van der Waals surface area contributed by atoms with Gasteiger partial charge in [-0.05, 0) is 77.1 Å². The van der Waals surface area contributed by atoms with Gasteiger partial charge in [-0.3, -0.25) is 4.79 Å². The molecule has 3 aromatic carbocycles. The molecule has 0 spiro atoms. The Bertz CT molecular complexity index is 1810. The van der Waals surface area contributed by atoms with Gasteiger partial charge in [-0.15, -0.1) is 0 Å². The Morgan fingerprint density at radius 3 is 2.18 bits per heavy atom. The fourth-order valence-corrected chi connectivity index (χ4v) is 5.19. The van der Waals surface area contributed by atoms with Gasteiger partial charge < -0.3 is 29.0 Å². The Hall–Kier alpha value is -5.51. The number of nitrogens with zero attached hydrogens (tertiary/aromatic N) is 4. The van der Waals surface area contributed by atoms with Crippen molar-refractivity contribution in [3.63, 3.8) is 0 Å². The molecule has 0 unspecified atom stereocenters. The number of carboxylic acid groups (broad SMARTS) is 1. The number of halogens is 3. The summed E-state index contributed by atoms with van der Waals surface area (Å²) in [7, 11) is 4.60. The van der Waals surface area contributed by atoms with Crippen molar-refractivity contribution < 1.29 is 42.0 Å². The molecule has 0 aliphatic carbocycles. The van der Waals surface area contributed by atoms with E-state index in [9.17, 15) is 23.2 Å². The number of hydrogen-bond donors (Lipinski definition) is 1. The maximum Gasteiger partial charge on any atom is 0.416 e. The van der Waals surface area contributed by atoms with Crippen molar-refractivity contribution in [1.82, 2.24) is 9.97 Å². The first-order chi connectivity index (χ1) is 23.4. The maximum atomic E-state index is 13.8. The van der Waals surface area contributed by atoms with Crippen molar-refractivity contribution in [2.75, 3.05) is 32.8 Å². The number of rotatable bonds is 15. The summed E-state index contributed by atoms with van der Waals surface area (Å²) < 4.78 is 64.1. The lowest BCUT2D eigenvalue weighted by molar-refractivity contribution is -0.138. The molecule has 0 aliphatic rings. The van der Waals surface area contributed by atoms with Crippen molar-refractivity contribution in [2.45, 2.75) is 51.9 Å². The van der Waals surface area contributed by atoms with Crippen molar-refractivity contribution in [1.29, 1.82) is 5.26 Å². The van der Waals surface area contributed by atoms with Gasteiger partial charge in [0.15, 0.2) is 17.2 Å². The Balaban J connectivity index is 1.85. The second-order valence-corrected chi connectivity index (χ2v) is 11.4. The summed E-state index contributed by atoms with van der Waals surface area (Å²) in [5.74, 6) is 1.21. The number of carbonyl (C=O) groups is 1. The van der Waals surface area contributed by atoms with Gasteiger partial charge in [-0.25, -0.2) is 9.97 Å². The molecular weight excluding hydrogens is 641 g/mol. The van der Waals surface area contributed by atoms with E-state index in [-0.39, 0.29) is 55.5 Å². The first kappa shape index (κ1) is 36.3. The molecule has 49 heavy (non-hydrogen) atoms. The summed E-state index contributed by atoms with van der Waals surface area (Å²) >= 11 is 0. The molecule has 0 saturated heterocycles. The Morgan fingerprint density at radius 1 is 0.918 bits per heavy atom. The standard InChI is InChI=1S/C36H37F3N4O6/c1-22(2)25-8-9-31(46-3)30(14-25)29-16-33(48-5)32(47-4)15-26(29)21-43(20-24-11-23(17-40)12-27(13-24)36(37,38)39)35-41-18-28(19-42-35)49-10-6-7-34(44)45/h8-9,11-16,18-19,22H,6-7,10,20-21H2,1-5H3,(H,44,45). The molecule has 1 heterocycles. The van der Waals surface area contributed by atoms with Crippen LogP contribution in [0.3, 0.4) is 0 Å². The summed E-state index contributed by atoms with van der Waals surface area (Å²) in [6.07, 6.45) is -1.63. The van der Waals surface area contributed by atoms with Crippen LogP contribution in [0, 0.1) is 11.3 Å². The van der Waals surface area contributed by atoms with E-state index in [1.54, 1.807) is 18.1 Å². The smallest absolute Gasteiger partial charge is 0.416 e. The maximum absolute atomic E-state index is 13.8. The number of benzene rings is 3. The molecule has 0 bridgehead atoms. The average molecular weight is 679 g/mol. The number of aliphatic carboxylic acids is 1. The zero-order valence-electron chi connectivity index (χ0n) is 27.8. The number of aromatic nitrogens is 2. The van der Waals surface area contributed by atoms with E-state index in [2.05, 4.69) is 23.8 Å². The molecular formula is C36H37F3N4O6. The summed E-state index contributed by atoms with van der Waals surface area (Å²) in [6, 6.07) is 14.5. The number of methoxy groups -OCH3 is 3. The van der Waals surface area contributed by atoms with Crippen LogP contribution in [-0.4, -0.2) is 49.0 Å². The van der Waals surface area contributed by atoms with Crippen LogP contribution in [0.15, 0.2) is 60.9 Å². The zero-order valence-corrected chi connectivity index (χ0v) is 27.8. The molecule has 4 rings (SSSR count). The molecule has 0 aliphatic heterocycles. The third-order valence-electron chi connectivity index (χ3n) is 7.67. The topological polar surface area (TPSA) is 127 Å². The lowest BCUT2D eigenvalue weighted by Crippen LogP contribution is -2.25. The van der Waals surface area contributed by atoms with E-state index in [1.807, 2.05) is 30.3 Å². The Morgan fingerprint density at radius 2 is 1.59 bits per heavy atom. The zero-order chi connectivity index (χ0) is 35.7. The van der Waals surface area contributed by atoms with E-state index in [1.165, 1.54) is 32.7 Å². The van der Waals surface area contributed by atoms with Gasteiger partial charge >= 0.3 is 12.1 Å². The van der Waals surface area contributed by atoms with Crippen LogP contribution in [0.2, 0.25) is 0 Å². The molecule has 258 valence electrons. The highest BCUT2D eigenvalue weighted by Crippen LogP contribution is 2.41. The lowest BCUT2D eigenvalue weighted by Gasteiger charge is -2.26. The van der Waals surface area contributed by atoms with E-state index < -0.39 is 17.7 Å². The number of nitriles is 1. The predicted octanol–water partition coefficient (Wildman–Crippen LogP) is 7.63.